The second kappa shape index (κ2) is 4.78. The van der Waals surface area contributed by atoms with Crippen molar-refractivity contribution in [3.63, 3.8) is 0 Å². The van der Waals surface area contributed by atoms with E-state index >= 15 is 0 Å². The van der Waals surface area contributed by atoms with Gasteiger partial charge >= 0.3 is 0 Å². The van der Waals surface area contributed by atoms with E-state index in [0.29, 0.717) is 31.1 Å². The Hall–Kier alpha value is -1.10. The van der Waals surface area contributed by atoms with Crippen LogP contribution in [0.25, 0.3) is 0 Å². The van der Waals surface area contributed by atoms with Crippen molar-refractivity contribution in [2.45, 2.75) is 50.2 Å². The van der Waals surface area contributed by atoms with Crippen LogP contribution in [0.2, 0.25) is 0 Å². The maximum atomic E-state index is 12.5. The first-order valence-electron chi connectivity index (χ1n) is 7.31. The monoisotopic (exact) mass is 265 g/mol. The van der Waals surface area contributed by atoms with Crippen LogP contribution in [0.3, 0.4) is 0 Å². The molecule has 0 spiro atoms. The molecule has 1 N–H and O–H groups in total. The van der Waals surface area contributed by atoms with Crippen LogP contribution in [0.1, 0.15) is 32.1 Å². The first-order chi connectivity index (χ1) is 9.04. The molecule has 3 fully saturated rings. The quantitative estimate of drug-likeness (QED) is 0.776. The molecule has 0 aromatic carbocycles. The third-order valence-corrected chi connectivity index (χ3v) is 5.03. The smallest absolute Gasteiger partial charge is 0.227 e. The molecular weight excluding hydrogens is 242 g/mol. The molecule has 0 saturated carbocycles. The van der Waals surface area contributed by atoms with E-state index in [1.807, 2.05) is 11.9 Å². The molecule has 3 heterocycles. The van der Waals surface area contributed by atoms with Crippen molar-refractivity contribution in [3.8, 4) is 0 Å². The summed E-state index contributed by atoms with van der Waals surface area (Å²) >= 11 is 0. The van der Waals surface area contributed by atoms with E-state index in [4.69, 9.17) is 0 Å². The van der Waals surface area contributed by atoms with Gasteiger partial charge in [-0.15, -0.1) is 0 Å². The Balaban J connectivity index is 1.62. The molecule has 3 rings (SSSR count). The molecular formula is C14H23N3O2. The first-order valence-corrected chi connectivity index (χ1v) is 7.31. The van der Waals surface area contributed by atoms with Gasteiger partial charge in [-0.05, 0) is 25.7 Å². The Kier molecular flexibility index (Phi) is 3.25. The summed E-state index contributed by atoms with van der Waals surface area (Å²) < 4.78 is 0. The van der Waals surface area contributed by atoms with Crippen molar-refractivity contribution in [2.75, 3.05) is 20.6 Å². The highest BCUT2D eigenvalue weighted by atomic mass is 16.2. The number of piperidine rings is 1. The summed E-state index contributed by atoms with van der Waals surface area (Å²) in [5.74, 6) is 0.121. The van der Waals surface area contributed by atoms with Crippen LogP contribution in [0.4, 0.5) is 0 Å². The zero-order valence-electron chi connectivity index (χ0n) is 11.8. The number of fused-ring (bicyclic) bond motifs is 2. The highest BCUT2D eigenvalue weighted by Gasteiger charge is 2.40. The summed E-state index contributed by atoms with van der Waals surface area (Å²) in [7, 11) is 3.70. The normalized spacial score (nSPS) is 37.8. The maximum Gasteiger partial charge on any atom is 0.227 e. The number of carbonyl (C=O) groups excluding carboxylic acids is 2. The fourth-order valence-corrected chi connectivity index (χ4v) is 3.84. The zero-order valence-corrected chi connectivity index (χ0v) is 11.8. The van der Waals surface area contributed by atoms with Gasteiger partial charge in [0, 0.05) is 45.2 Å². The summed E-state index contributed by atoms with van der Waals surface area (Å²) in [4.78, 5) is 27.6. The van der Waals surface area contributed by atoms with Crippen molar-refractivity contribution < 1.29 is 9.59 Å². The van der Waals surface area contributed by atoms with E-state index in [2.05, 4.69) is 5.32 Å². The van der Waals surface area contributed by atoms with Crippen LogP contribution in [-0.2, 0) is 9.59 Å². The summed E-state index contributed by atoms with van der Waals surface area (Å²) in [6.45, 7) is 0.583. The minimum absolute atomic E-state index is 0.0946. The lowest BCUT2D eigenvalue weighted by atomic mass is 9.97. The summed E-state index contributed by atoms with van der Waals surface area (Å²) in [6, 6.07) is 1.53. The van der Waals surface area contributed by atoms with Crippen molar-refractivity contribution in [2.24, 2.45) is 5.92 Å². The van der Waals surface area contributed by atoms with Crippen LogP contribution >= 0.6 is 0 Å². The minimum Gasteiger partial charge on any atom is -0.345 e. The predicted octanol–water partition coefficient (Wildman–Crippen LogP) is 0.206. The Morgan fingerprint density at radius 2 is 1.95 bits per heavy atom. The Morgan fingerprint density at radius 1 is 1.32 bits per heavy atom. The van der Waals surface area contributed by atoms with Crippen molar-refractivity contribution >= 4 is 11.8 Å². The van der Waals surface area contributed by atoms with E-state index in [-0.39, 0.29) is 17.7 Å². The molecule has 5 nitrogen and oxygen atoms in total. The Morgan fingerprint density at radius 3 is 2.47 bits per heavy atom. The van der Waals surface area contributed by atoms with Gasteiger partial charge in [0.25, 0.3) is 0 Å². The van der Waals surface area contributed by atoms with Gasteiger partial charge in [-0.25, -0.2) is 0 Å². The average Bonchev–Trinajstić information content (AvgIpc) is 2.91. The molecule has 3 atom stereocenters. The summed E-state index contributed by atoms with van der Waals surface area (Å²) in [5.41, 5.74) is 0. The maximum absolute atomic E-state index is 12.5. The number of rotatable bonds is 2. The second-order valence-corrected chi connectivity index (χ2v) is 6.39. The van der Waals surface area contributed by atoms with E-state index in [1.54, 1.807) is 11.9 Å². The number of hydrogen-bond donors (Lipinski definition) is 1. The predicted molar refractivity (Wildman–Crippen MR) is 71.5 cm³/mol. The molecule has 0 radical (unpaired) electrons. The number of amides is 2. The fourth-order valence-electron chi connectivity index (χ4n) is 3.84. The molecule has 3 aliphatic rings. The van der Waals surface area contributed by atoms with Gasteiger partial charge in [0.2, 0.25) is 11.8 Å². The van der Waals surface area contributed by atoms with E-state index in [0.717, 1.165) is 12.8 Å². The van der Waals surface area contributed by atoms with Gasteiger partial charge in [0.15, 0.2) is 0 Å². The molecule has 106 valence electrons. The Bertz CT molecular complexity index is 386. The van der Waals surface area contributed by atoms with Crippen LogP contribution in [0.15, 0.2) is 0 Å². The van der Waals surface area contributed by atoms with Gasteiger partial charge in [0.05, 0.1) is 5.92 Å². The van der Waals surface area contributed by atoms with Crippen LogP contribution in [-0.4, -0.2) is 60.4 Å². The standard InChI is InChI=1S/C14H23N3O2/c1-16-8-9(5-13(16)18)14(19)17(2)12-6-10-3-4-11(7-12)15-10/h9-12,15H,3-8H2,1-2H3. The van der Waals surface area contributed by atoms with Crippen LogP contribution in [0.5, 0.6) is 0 Å². The molecule has 0 aliphatic carbocycles. The number of carbonyl (C=O) groups is 2. The molecule has 0 aromatic heterocycles. The topological polar surface area (TPSA) is 52.7 Å². The first kappa shape index (κ1) is 12.9. The van der Waals surface area contributed by atoms with Crippen LogP contribution in [0, 0.1) is 5.92 Å². The van der Waals surface area contributed by atoms with Gasteiger partial charge in [0.1, 0.15) is 0 Å². The third-order valence-electron chi connectivity index (χ3n) is 5.03. The van der Waals surface area contributed by atoms with Gasteiger partial charge < -0.3 is 15.1 Å². The molecule has 3 unspecified atom stereocenters. The number of likely N-dealkylation sites (tertiary alicyclic amines) is 1. The van der Waals surface area contributed by atoms with E-state index in [9.17, 15) is 9.59 Å². The third kappa shape index (κ3) is 2.36. The van der Waals surface area contributed by atoms with Crippen LogP contribution < -0.4 is 5.32 Å². The molecule has 5 heteroatoms. The molecule has 19 heavy (non-hydrogen) atoms. The van der Waals surface area contributed by atoms with E-state index < -0.39 is 0 Å². The summed E-state index contributed by atoms with van der Waals surface area (Å²) in [6.07, 6.45) is 5.00. The second-order valence-electron chi connectivity index (χ2n) is 6.39. The lowest BCUT2D eigenvalue weighted by Gasteiger charge is -2.36. The Labute approximate surface area is 114 Å². The molecule has 3 saturated heterocycles. The van der Waals surface area contributed by atoms with Crippen molar-refractivity contribution in [1.29, 1.82) is 0 Å². The summed E-state index contributed by atoms with van der Waals surface area (Å²) in [5, 5.41) is 3.60. The van der Waals surface area contributed by atoms with Gasteiger partial charge in [-0.3, -0.25) is 9.59 Å². The lowest BCUT2D eigenvalue weighted by Crippen LogP contribution is -2.50. The number of nitrogens with one attached hydrogen (secondary N) is 1. The highest BCUT2D eigenvalue weighted by molar-refractivity contribution is 5.89. The fraction of sp³-hybridized carbons (Fsp3) is 0.857. The minimum atomic E-state index is -0.130. The van der Waals surface area contributed by atoms with Crippen molar-refractivity contribution in [1.82, 2.24) is 15.1 Å². The molecule has 3 aliphatic heterocycles. The molecule has 2 bridgehead atoms. The SMILES string of the molecule is CN1CC(C(=O)N(C)C2CC3CCC(C2)N3)CC1=O. The number of nitrogens with zero attached hydrogens (tertiary/aromatic N) is 2. The molecule has 2 amide bonds. The highest BCUT2D eigenvalue weighted by Crippen LogP contribution is 2.30. The lowest BCUT2D eigenvalue weighted by molar-refractivity contribution is -0.137. The molecule has 0 aromatic rings. The van der Waals surface area contributed by atoms with Gasteiger partial charge in [-0.2, -0.15) is 0 Å². The van der Waals surface area contributed by atoms with Crippen molar-refractivity contribution in [3.05, 3.63) is 0 Å². The number of hydrogen-bond acceptors (Lipinski definition) is 3. The average molecular weight is 265 g/mol. The zero-order chi connectivity index (χ0) is 13.6. The van der Waals surface area contributed by atoms with Gasteiger partial charge in [-0.1, -0.05) is 0 Å². The van der Waals surface area contributed by atoms with E-state index in [1.165, 1.54) is 12.8 Å². The largest absolute Gasteiger partial charge is 0.345 e.